The molecule has 0 saturated heterocycles. The van der Waals surface area contributed by atoms with E-state index in [1.165, 1.54) is 6.07 Å². The number of nitrogens with zero attached hydrogens (tertiary/aromatic N) is 1. The van der Waals surface area contributed by atoms with Crippen LogP contribution in [0.1, 0.15) is 26.5 Å². The molecule has 126 valence electrons. The number of nitrogens with one attached hydrogen (secondary N) is 3. The van der Waals surface area contributed by atoms with Gasteiger partial charge in [-0.05, 0) is 20.8 Å². The first-order valence-electron chi connectivity index (χ1n) is 7.11. The second-order valence-electron chi connectivity index (χ2n) is 5.90. The molecule has 0 aliphatic rings. The van der Waals surface area contributed by atoms with Crippen molar-refractivity contribution in [3.63, 3.8) is 0 Å². The first-order chi connectivity index (χ1) is 10.7. The lowest BCUT2D eigenvalue weighted by atomic mass is 10.1. The van der Waals surface area contributed by atoms with Crippen LogP contribution in [0.5, 0.6) is 0 Å². The van der Waals surface area contributed by atoms with E-state index in [2.05, 4.69) is 27.2 Å². The zero-order valence-electron chi connectivity index (χ0n) is 13.6. The Labute approximate surface area is 139 Å². The van der Waals surface area contributed by atoms with Crippen molar-refractivity contribution in [3.05, 3.63) is 34.8 Å². The predicted octanol–water partition coefficient (Wildman–Crippen LogP) is 0.621. The molecule has 0 saturated carbocycles. The normalized spacial score (nSPS) is 10.9. The maximum absolute atomic E-state index is 11.8. The molecule has 0 bridgehead atoms. The van der Waals surface area contributed by atoms with Crippen molar-refractivity contribution >= 4 is 23.6 Å². The topological polar surface area (TPSA) is 104 Å². The van der Waals surface area contributed by atoms with Crippen molar-refractivity contribution in [1.29, 1.82) is 0 Å². The molecule has 3 N–H and O–H groups in total. The van der Waals surface area contributed by atoms with E-state index in [4.69, 9.17) is 0 Å². The van der Waals surface area contributed by atoms with Crippen molar-refractivity contribution in [2.75, 3.05) is 12.3 Å². The van der Waals surface area contributed by atoms with E-state index in [9.17, 15) is 14.4 Å². The molecular weight excluding hydrogens is 316 g/mol. The van der Waals surface area contributed by atoms with Gasteiger partial charge in [-0.2, -0.15) is 0 Å². The van der Waals surface area contributed by atoms with Crippen molar-refractivity contribution in [3.8, 4) is 0 Å². The molecule has 0 fully saturated rings. The molecule has 0 aliphatic heterocycles. The Bertz CT molecular complexity index is 634. The zero-order valence-corrected chi connectivity index (χ0v) is 14.4. The van der Waals surface area contributed by atoms with Gasteiger partial charge in [-0.3, -0.25) is 14.4 Å². The van der Waals surface area contributed by atoms with Gasteiger partial charge in [-0.1, -0.05) is 17.8 Å². The van der Waals surface area contributed by atoms with Crippen LogP contribution in [0.4, 0.5) is 0 Å². The standard InChI is InChI=1S/C15H22N4O3S/c1-5-6-16-11(20)7-10-8-12(21)18-14(17-10)23-9-13(22)19-15(2,3)4/h5,8H,1,6-7,9H2,2-4H3,(H,16,20)(H,19,22)(H,17,18,21). The molecule has 7 nitrogen and oxygen atoms in total. The van der Waals surface area contributed by atoms with Gasteiger partial charge in [0, 0.05) is 18.2 Å². The molecule has 0 unspecified atom stereocenters. The van der Waals surface area contributed by atoms with E-state index in [0.29, 0.717) is 17.4 Å². The predicted molar refractivity (Wildman–Crippen MR) is 90.4 cm³/mol. The fourth-order valence-corrected chi connectivity index (χ4v) is 2.34. The van der Waals surface area contributed by atoms with Crippen LogP contribution in [0.3, 0.4) is 0 Å². The lowest BCUT2D eigenvalue weighted by Crippen LogP contribution is -2.41. The molecule has 23 heavy (non-hydrogen) atoms. The SMILES string of the molecule is C=CCNC(=O)Cc1cc(=O)[nH]c(SCC(=O)NC(C)(C)C)n1. The highest BCUT2D eigenvalue weighted by Crippen LogP contribution is 2.12. The Balaban J connectivity index is 2.66. The van der Waals surface area contributed by atoms with Gasteiger partial charge in [0.05, 0.1) is 17.9 Å². The third kappa shape index (κ3) is 8.20. The number of H-pyrrole nitrogens is 1. The van der Waals surface area contributed by atoms with E-state index in [0.717, 1.165) is 11.8 Å². The number of carbonyl (C=O) groups is 2. The van der Waals surface area contributed by atoms with Crippen molar-refractivity contribution in [1.82, 2.24) is 20.6 Å². The van der Waals surface area contributed by atoms with Gasteiger partial charge >= 0.3 is 0 Å². The van der Waals surface area contributed by atoms with Crippen molar-refractivity contribution in [2.24, 2.45) is 0 Å². The summed E-state index contributed by atoms with van der Waals surface area (Å²) in [7, 11) is 0. The number of hydrogen-bond acceptors (Lipinski definition) is 5. The average Bonchev–Trinajstić information content (AvgIpc) is 2.40. The van der Waals surface area contributed by atoms with Crippen LogP contribution < -0.4 is 16.2 Å². The molecule has 0 spiro atoms. The second-order valence-corrected chi connectivity index (χ2v) is 6.86. The molecule has 0 radical (unpaired) electrons. The quantitative estimate of drug-likeness (QED) is 0.384. The van der Waals surface area contributed by atoms with Crippen LogP contribution in [-0.4, -0.2) is 39.6 Å². The van der Waals surface area contributed by atoms with Gasteiger partial charge in [-0.15, -0.1) is 6.58 Å². The molecule has 8 heteroatoms. The smallest absolute Gasteiger partial charge is 0.251 e. The van der Waals surface area contributed by atoms with Crippen molar-refractivity contribution < 1.29 is 9.59 Å². The maximum atomic E-state index is 11.8. The Morgan fingerprint density at radius 3 is 2.70 bits per heavy atom. The molecule has 0 atom stereocenters. The van der Waals surface area contributed by atoms with Gasteiger partial charge in [0.1, 0.15) is 0 Å². The minimum Gasteiger partial charge on any atom is -0.352 e. The lowest BCUT2D eigenvalue weighted by Gasteiger charge is -2.20. The van der Waals surface area contributed by atoms with Gasteiger partial charge in [0.2, 0.25) is 11.8 Å². The van der Waals surface area contributed by atoms with E-state index in [-0.39, 0.29) is 35.1 Å². The summed E-state index contributed by atoms with van der Waals surface area (Å²) < 4.78 is 0. The fraction of sp³-hybridized carbons (Fsp3) is 0.467. The lowest BCUT2D eigenvalue weighted by molar-refractivity contribution is -0.121. The van der Waals surface area contributed by atoms with Gasteiger partial charge in [0.25, 0.3) is 5.56 Å². The highest BCUT2D eigenvalue weighted by molar-refractivity contribution is 7.99. The Hall–Kier alpha value is -2.09. The van der Waals surface area contributed by atoms with Crippen LogP contribution in [0.15, 0.2) is 28.7 Å². The Kier molecular flexibility index (Phi) is 7.02. The third-order valence-corrected chi connectivity index (χ3v) is 3.29. The molecule has 0 aromatic carbocycles. The number of aromatic amines is 1. The molecule has 2 amide bonds. The number of amides is 2. The summed E-state index contributed by atoms with van der Waals surface area (Å²) in [5.74, 6) is -0.268. The van der Waals surface area contributed by atoms with Crippen LogP contribution in [0.2, 0.25) is 0 Å². The number of thioether (sulfide) groups is 1. The molecule has 0 aliphatic carbocycles. The second kappa shape index (κ2) is 8.52. The zero-order chi connectivity index (χ0) is 17.5. The van der Waals surface area contributed by atoms with Gasteiger partial charge in [0.15, 0.2) is 5.16 Å². The van der Waals surface area contributed by atoms with Gasteiger partial charge < -0.3 is 15.6 Å². The highest BCUT2D eigenvalue weighted by atomic mass is 32.2. The molecule has 1 heterocycles. The van der Waals surface area contributed by atoms with Crippen LogP contribution >= 0.6 is 11.8 Å². The molecular formula is C15H22N4O3S. The molecule has 1 rings (SSSR count). The van der Waals surface area contributed by atoms with Gasteiger partial charge in [-0.25, -0.2) is 4.98 Å². The van der Waals surface area contributed by atoms with Crippen LogP contribution in [-0.2, 0) is 16.0 Å². The van der Waals surface area contributed by atoms with E-state index < -0.39 is 0 Å². The fourth-order valence-electron chi connectivity index (χ4n) is 1.64. The number of carbonyl (C=O) groups excluding carboxylic acids is 2. The Morgan fingerprint density at radius 2 is 2.09 bits per heavy atom. The first kappa shape index (κ1) is 19.0. The summed E-state index contributed by atoms with van der Waals surface area (Å²) in [5, 5.41) is 5.75. The minimum absolute atomic E-state index is 0.000489. The molecule has 1 aromatic heterocycles. The summed E-state index contributed by atoms with van der Waals surface area (Å²) in [4.78, 5) is 41.8. The number of rotatable bonds is 7. The summed E-state index contributed by atoms with van der Waals surface area (Å²) in [5.41, 5.74) is -0.317. The summed E-state index contributed by atoms with van der Waals surface area (Å²) in [6, 6.07) is 1.27. The minimum atomic E-state index is -0.356. The summed E-state index contributed by atoms with van der Waals surface area (Å²) >= 11 is 1.12. The van der Waals surface area contributed by atoms with Crippen molar-refractivity contribution in [2.45, 2.75) is 37.9 Å². The molecule has 1 aromatic rings. The van der Waals surface area contributed by atoms with E-state index >= 15 is 0 Å². The van der Waals surface area contributed by atoms with E-state index in [1.54, 1.807) is 6.08 Å². The summed E-state index contributed by atoms with van der Waals surface area (Å²) in [6.07, 6.45) is 1.57. The monoisotopic (exact) mass is 338 g/mol. The summed E-state index contributed by atoms with van der Waals surface area (Å²) in [6.45, 7) is 9.53. The largest absolute Gasteiger partial charge is 0.352 e. The first-order valence-corrected chi connectivity index (χ1v) is 8.10. The number of hydrogen-bond donors (Lipinski definition) is 3. The maximum Gasteiger partial charge on any atom is 0.251 e. The Morgan fingerprint density at radius 1 is 1.39 bits per heavy atom. The third-order valence-electron chi connectivity index (χ3n) is 2.41. The van der Waals surface area contributed by atoms with E-state index in [1.807, 2.05) is 20.8 Å². The highest BCUT2D eigenvalue weighted by Gasteiger charge is 2.14. The number of aromatic nitrogens is 2. The van der Waals surface area contributed by atoms with Crippen LogP contribution in [0.25, 0.3) is 0 Å². The van der Waals surface area contributed by atoms with Crippen LogP contribution in [0, 0.1) is 0 Å². The average molecular weight is 338 g/mol.